The summed E-state index contributed by atoms with van der Waals surface area (Å²) >= 11 is 0. The second-order valence-electron chi connectivity index (χ2n) is 19.2. The second kappa shape index (κ2) is 18.9. The molecule has 6 aliphatic rings. The van der Waals surface area contributed by atoms with Gasteiger partial charge in [-0.15, -0.1) is 0 Å². The number of unbranched alkanes of at least 4 members (excludes halogenated alkanes) is 3. The van der Waals surface area contributed by atoms with Crippen molar-refractivity contribution in [3.05, 3.63) is 82.2 Å². The topological polar surface area (TPSA) is 144 Å². The van der Waals surface area contributed by atoms with Gasteiger partial charge in [0.05, 0.1) is 11.9 Å². The first-order chi connectivity index (χ1) is 30.4. The lowest BCUT2D eigenvalue weighted by molar-refractivity contribution is -0.568. The van der Waals surface area contributed by atoms with Crippen LogP contribution < -0.4 is 21.3 Å². The van der Waals surface area contributed by atoms with E-state index in [1.165, 1.54) is 5.57 Å². The summed E-state index contributed by atoms with van der Waals surface area (Å²) in [5.41, 5.74) is 8.59. The highest BCUT2D eigenvalue weighted by molar-refractivity contribution is 6.09. The first-order valence-corrected chi connectivity index (χ1v) is 23.8. The Kier molecular flexibility index (Phi) is 13.4. The van der Waals surface area contributed by atoms with Crippen LogP contribution in [0.5, 0.6) is 0 Å². The van der Waals surface area contributed by atoms with Gasteiger partial charge in [-0.1, -0.05) is 43.5 Å². The van der Waals surface area contributed by atoms with Crippen LogP contribution in [0, 0.1) is 48.9 Å². The third kappa shape index (κ3) is 8.89. The van der Waals surface area contributed by atoms with Crippen LogP contribution >= 0.6 is 0 Å². The number of aryl methyl sites for hydroxylation is 2. The number of quaternary nitrogens is 1. The fraction of sp³-hybridized carbons (Fsp3) is 0.528. The zero-order valence-electron chi connectivity index (χ0n) is 38.2. The van der Waals surface area contributed by atoms with Crippen LogP contribution in [-0.4, -0.2) is 55.8 Å². The maximum atomic E-state index is 14.0. The summed E-state index contributed by atoms with van der Waals surface area (Å²) in [6.45, 7) is 15.0. The minimum atomic E-state index is -0.388. The summed E-state index contributed by atoms with van der Waals surface area (Å²) in [5.74, 6) is 2.39. The fourth-order valence-corrected chi connectivity index (χ4v) is 12.5. The predicted octanol–water partition coefficient (Wildman–Crippen LogP) is 9.30. The van der Waals surface area contributed by atoms with Crippen LogP contribution in [0.1, 0.15) is 120 Å². The van der Waals surface area contributed by atoms with Crippen molar-refractivity contribution < 1.29 is 33.6 Å². The van der Waals surface area contributed by atoms with Gasteiger partial charge in [0.25, 0.3) is 5.91 Å². The lowest BCUT2D eigenvalue weighted by atomic mass is 9.50. The van der Waals surface area contributed by atoms with Gasteiger partial charge in [0.1, 0.15) is 28.9 Å². The molecule has 2 aromatic carbocycles. The fourth-order valence-electron chi connectivity index (χ4n) is 12.5. The van der Waals surface area contributed by atoms with Crippen molar-refractivity contribution in [2.75, 3.05) is 26.2 Å². The monoisotopic (exact) mass is 856 g/mol. The number of carbonyl (C=O) groups is 4. The maximum absolute atomic E-state index is 14.0. The summed E-state index contributed by atoms with van der Waals surface area (Å²) in [6, 6.07) is 16.3. The van der Waals surface area contributed by atoms with E-state index in [2.05, 4.69) is 61.8 Å². The Balaban J connectivity index is 0.879. The molecule has 2 aromatic rings. The Hall–Kier alpha value is -5.09. The van der Waals surface area contributed by atoms with Crippen LogP contribution in [-0.2, 0) is 14.3 Å². The molecule has 0 spiro atoms. The highest BCUT2D eigenvalue weighted by Crippen LogP contribution is 2.64. The van der Waals surface area contributed by atoms with Crippen molar-refractivity contribution in [1.82, 2.24) is 10.6 Å². The molecule has 63 heavy (non-hydrogen) atoms. The molecule has 5 aliphatic carbocycles. The third-order valence-electron chi connectivity index (χ3n) is 15.3. The van der Waals surface area contributed by atoms with Gasteiger partial charge in [-0.05, 0) is 145 Å². The van der Waals surface area contributed by atoms with Gasteiger partial charge in [-0.2, -0.15) is 0 Å². The summed E-state index contributed by atoms with van der Waals surface area (Å²) in [4.78, 5) is 57.3. The van der Waals surface area contributed by atoms with Crippen LogP contribution in [0.4, 0.5) is 10.5 Å². The Bertz CT molecular complexity index is 2470. The van der Waals surface area contributed by atoms with Gasteiger partial charge in [0.2, 0.25) is 0 Å². The summed E-state index contributed by atoms with van der Waals surface area (Å²) < 4.78 is 12.9. The lowest BCUT2D eigenvalue weighted by Gasteiger charge is -2.56. The van der Waals surface area contributed by atoms with Crippen molar-refractivity contribution in [3.8, 4) is 22.5 Å². The van der Waals surface area contributed by atoms with Gasteiger partial charge in [0.15, 0.2) is 5.78 Å². The quantitative estimate of drug-likeness (QED) is 0.0656. The highest BCUT2D eigenvalue weighted by Gasteiger charge is 2.61. The van der Waals surface area contributed by atoms with Gasteiger partial charge in [-0.25, -0.2) is 4.79 Å². The van der Waals surface area contributed by atoms with E-state index in [-0.39, 0.29) is 52.8 Å². The molecule has 1 heterocycles. The predicted molar refractivity (Wildman–Crippen MR) is 247 cm³/mol. The minimum absolute atomic E-state index is 0.00495. The number of ketones is 2. The Morgan fingerprint density at radius 2 is 1.68 bits per heavy atom. The van der Waals surface area contributed by atoms with E-state index in [0.29, 0.717) is 49.9 Å². The first kappa shape index (κ1) is 44.5. The molecular weight excluding hydrogens is 789 g/mol. The molecular formula is C53H67N4O6+. The number of benzene rings is 3. The van der Waals surface area contributed by atoms with Crippen LogP contribution in [0.25, 0.3) is 33.4 Å². The molecule has 1 aliphatic heterocycles. The Labute approximate surface area is 372 Å². The normalized spacial score (nSPS) is 25.6. The Morgan fingerprint density at radius 3 is 2.44 bits per heavy atom. The van der Waals surface area contributed by atoms with Gasteiger partial charge in [0, 0.05) is 77.7 Å². The van der Waals surface area contributed by atoms with Gasteiger partial charge in [-0.3, -0.25) is 19.4 Å². The van der Waals surface area contributed by atoms with E-state index in [4.69, 9.17) is 14.1 Å². The molecule has 0 saturated heterocycles. The number of carbonyl (C=O) groups excluding carboxylic acids is 4. The molecule has 4 N–H and O–H groups in total. The van der Waals surface area contributed by atoms with Crippen LogP contribution in [0.3, 0.4) is 0 Å². The molecule has 0 bridgehead atoms. The molecule has 8 rings (SSSR count). The molecule has 7 atom stereocenters. The van der Waals surface area contributed by atoms with E-state index in [1.807, 2.05) is 43.3 Å². The lowest BCUT2D eigenvalue weighted by Crippen LogP contribution is -2.77. The highest BCUT2D eigenvalue weighted by atomic mass is 16.6. The van der Waals surface area contributed by atoms with Crippen LogP contribution in [0.2, 0.25) is 0 Å². The number of hydrogen-bond donors (Lipinski definition) is 3. The molecule has 0 aromatic heterocycles. The standard InChI is InChI=1S/C53H66N4O6/c1-7-54-44-28-46-40(25-31(44)3)49(41-26-32(4)45(55-8-2)29-47(41)62-46)37-15-11-12-16-38(37)51(60)56-23-13-9-10-14-24-57-52(61)63-48-30-53(6)42(33(5)58)21-22-43(53)39-19-17-34-27-35(59)18-20-36(34)50(39)48/h11-12,15-16,25-29,36,39,42-43,48,50,54H,7-10,13-14,17-24,30H2,1-6H3,(H,56,60)(H,57,61)/p+1/t36-,39-,42+,43-,48+,50+,53+/m0/s1. The SMILES string of the molecule is CCN=c1cc2oc3cc([NH2+]CC)c(C)cc3c(-c3ccccc3C(=O)NCCCCCCNC(=O)O[C@@H]3C[C@]4(C)[C@@H](C(C)=O)CC[C@H]4[C@@H]4CCC5=CC(=O)CC[C@@H]5[C@H]43)c-2cc1C. The number of alkyl carbamates (subject to hydrolysis) is 1. The number of fused-ring (bicyclic) bond motifs is 7. The zero-order chi connectivity index (χ0) is 44.4. The zero-order valence-corrected chi connectivity index (χ0v) is 38.2. The molecule has 0 unspecified atom stereocenters. The minimum Gasteiger partial charge on any atom is -0.456 e. The van der Waals surface area contributed by atoms with E-state index in [9.17, 15) is 19.2 Å². The number of rotatable bonds is 14. The van der Waals surface area contributed by atoms with E-state index >= 15 is 0 Å². The van der Waals surface area contributed by atoms with Gasteiger partial charge < -0.3 is 25.1 Å². The number of allylic oxidation sites excluding steroid dienone is 1. The maximum Gasteiger partial charge on any atom is 0.407 e. The molecule has 10 heteroatoms. The third-order valence-corrected chi connectivity index (χ3v) is 15.3. The van der Waals surface area contributed by atoms with E-state index in [1.54, 1.807) is 6.92 Å². The average Bonchev–Trinajstić information content (AvgIpc) is 3.61. The molecule has 334 valence electrons. The van der Waals surface area contributed by atoms with Crippen molar-refractivity contribution in [3.63, 3.8) is 0 Å². The number of Topliss-reactive ketones (excluding diaryl/α,β-unsaturated/α-hetero) is 1. The largest absolute Gasteiger partial charge is 0.456 e. The number of ether oxygens (including phenoxy) is 1. The summed E-state index contributed by atoms with van der Waals surface area (Å²) in [6.07, 6.45) is 10.6. The van der Waals surface area contributed by atoms with E-state index in [0.717, 1.165) is 120 Å². The molecule has 2 amide bonds. The summed E-state index contributed by atoms with van der Waals surface area (Å²) in [5, 5.41) is 10.3. The number of hydrogen-bond acceptors (Lipinski definition) is 7. The first-order valence-electron chi connectivity index (χ1n) is 23.8. The van der Waals surface area contributed by atoms with Crippen molar-refractivity contribution in [2.45, 2.75) is 118 Å². The smallest absolute Gasteiger partial charge is 0.407 e. The van der Waals surface area contributed by atoms with Crippen molar-refractivity contribution >= 4 is 40.2 Å². The second-order valence-corrected chi connectivity index (χ2v) is 19.2. The molecule has 0 radical (unpaired) electrons. The number of nitrogens with one attached hydrogen (secondary N) is 2. The van der Waals surface area contributed by atoms with Crippen molar-refractivity contribution in [2.24, 2.45) is 40.0 Å². The van der Waals surface area contributed by atoms with Crippen molar-refractivity contribution in [1.29, 1.82) is 0 Å². The summed E-state index contributed by atoms with van der Waals surface area (Å²) in [7, 11) is 0. The van der Waals surface area contributed by atoms with E-state index < -0.39 is 0 Å². The molecule has 10 nitrogen and oxygen atoms in total. The molecule has 3 saturated carbocycles. The van der Waals surface area contributed by atoms with Gasteiger partial charge >= 0.3 is 6.09 Å². The Morgan fingerprint density at radius 1 is 0.905 bits per heavy atom. The molecule has 3 fully saturated rings. The average molecular weight is 856 g/mol. The number of nitrogens with zero attached hydrogens (tertiary/aromatic N) is 1. The number of nitrogens with two attached hydrogens (primary N) is 1. The van der Waals surface area contributed by atoms with Crippen LogP contribution in [0.15, 0.2) is 69.6 Å². The number of amides is 2.